The molecular formula is C31H34N4O7. The summed E-state index contributed by atoms with van der Waals surface area (Å²) in [4.78, 5) is 11.0. The van der Waals surface area contributed by atoms with Crippen molar-refractivity contribution < 1.29 is 34.3 Å². The number of aliphatic hydroxyl groups is 3. The van der Waals surface area contributed by atoms with Gasteiger partial charge in [0, 0.05) is 34.8 Å². The minimum absolute atomic E-state index is 0.109. The lowest BCUT2D eigenvalue weighted by molar-refractivity contribution is -0.000631. The largest absolute Gasteiger partial charge is 0.481 e. The van der Waals surface area contributed by atoms with E-state index in [0.29, 0.717) is 39.7 Å². The van der Waals surface area contributed by atoms with E-state index in [-0.39, 0.29) is 29.7 Å². The third-order valence-corrected chi connectivity index (χ3v) is 7.04. The summed E-state index contributed by atoms with van der Waals surface area (Å²) in [6.45, 7) is -0.887. The van der Waals surface area contributed by atoms with Crippen molar-refractivity contribution in [2.75, 3.05) is 48.4 Å². The van der Waals surface area contributed by atoms with Gasteiger partial charge >= 0.3 is 0 Å². The summed E-state index contributed by atoms with van der Waals surface area (Å²) in [6, 6.07) is 17.5. The van der Waals surface area contributed by atoms with Crippen molar-refractivity contribution in [1.29, 1.82) is 5.26 Å². The van der Waals surface area contributed by atoms with Crippen LogP contribution >= 0.6 is 0 Å². The number of benzene rings is 2. The molecule has 0 saturated heterocycles. The molecule has 0 bridgehead atoms. The van der Waals surface area contributed by atoms with Gasteiger partial charge in [0.1, 0.15) is 5.60 Å². The molecule has 0 aliphatic heterocycles. The number of nitriles is 1. The molecule has 220 valence electrons. The zero-order chi connectivity index (χ0) is 30.3. The molecule has 0 saturated carbocycles. The molecule has 0 aliphatic carbocycles. The van der Waals surface area contributed by atoms with Crippen molar-refractivity contribution in [3.63, 3.8) is 0 Å². The Balaban J connectivity index is 2.15. The maximum atomic E-state index is 13.0. The minimum atomic E-state index is -1.73. The maximum Gasteiger partial charge on any atom is 0.219 e. The first-order chi connectivity index (χ1) is 20.3. The second-order valence-corrected chi connectivity index (χ2v) is 9.80. The number of aromatic nitrogens is 2. The molecule has 2 aromatic carbocycles. The van der Waals surface area contributed by atoms with Gasteiger partial charge in [0.15, 0.2) is 25.1 Å². The lowest BCUT2D eigenvalue weighted by Crippen LogP contribution is -2.38. The first-order valence-corrected chi connectivity index (χ1v) is 13.2. The predicted octanol–water partition coefficient (Wildman–Crippen LogP) is 3.15. The van der Waals surface area contributed by atoms with Gasteiger partial charge in [0.2, 0.25) is 11.8 Å². The van der Waals surface area contributed by atoms with Crippen LogP contribution in [0.4, 0.5) is 0 Å². The molecule has 0 aliphatic rings. The van der Waals surface area contributed by atoms with E-state index < -0.39 is 25.1 Å². The summed E-state index contributed by atoms with van der Waals surface area (Å²) in [5, 5.41) is 42.7. The fraction of sp³-hybridized carbons (Fsp3) is 0.323. The first-order valence-electron chi connectivity index (χ1n) is 13.2. The van der Waals surface area contributed by atoms with Crippen LogP contribution in [0.1, 0.15) is 34.6 Å². The van der Waals surface area contributed by atoms with Crippen molar-refractivity contribution in [3.8, 4) is 29.3 Å². The Kier molecular flexibility index (Phi) is 9.77. The molecule has 42 heavy (non-hydrogen) atoms. The number of hydrogen-bond acceptors (Lipinski definition) is 11. The van der Waals surface area contributed by atoms with E-state index in [1.165, 1.54) is 14.2 Å². The monoisotopic (exact) mass is 574 g/mol. The second kappa shape index (κ2) is 13.5. The highest BCUT2D eigenvalue weighted by atomic mass is 16.6. The Labute approximate surface area is 244 Å². The summed E-state index contributed by atoms with van der Waals surface area (Å²) in [5.41, 5.74) is 0.583. The number of hydrogen-bond donors (Lipinski definition) is 3. The third kappa shape index (κ3) is 6.07. The van der Waals surface area contributed by atoms with Gasteiger partial charge in [-0.2, -0.15) is 5.26 Å². The molecule has 0 spiro atoms. The molecule has 2 heterocycles. The molecule has 11 heteroatoms. The van der Waals surface area contributed by atoms with E-state index >= 15 is 0 Å². The van der Waals surface area contributed by atoms with E-state index in [0.717, 1.165) is 0 Å². The smallest absolute Gasteiger partial charge is 0.219 e. The average Bonchev–Trinajstić information content (AvgIpc) is 3.01. The predicted molar refractivity (Wildman–Crippen MR) is 155 cm³/mol. The lowest BCUT2D eigenvalue weighted by Gasteiger charge is -2.39. The Morgan fingerprint density at radius 1 is 0.952 bits per heavy atom. The van der Waals surface area contributed by atoms with E-state index in [4.69, 9.17) is 23.9 Å². The van der Waals surface area contributed by atoms with Gasteiger partial charge < -0.3 is 39.2 Å². The SMILES string of the molecule is COc1nc2ccc(C#N)cc2cc1[C@@H](c1cccc(OCO)c1OCO)[C@@](O)(CCN(C)C)c1cccnc1OC. The van der Waals surface area contributed by atoms with Crippen LogP contribution in [0, 0.1) is 11.3 Å². The van der Waals surface area contributed by atoms with Crippen LogP contribution in [0.25, 0.3) is 10.9 Å². The van der Waals surface area contributed by atoms with Crippen LogP contribution in [0.15, 0.2) is 60.8 Å². The van der Waals surface area contributed by atoms with Crippen LogP contribution in [-0.4, -0.2) is 78.6 Å². The highest BCUT2D eigenvalue weighted by molar-refractivity contribution is 5.82. The Bertz CT molecular complexity index is 1570. The summed E-state index contributed by atoms with van der Waals surface area (Å²) < 4.78 is 22.5. The summed E-state index contributed by atoms with van der Waals surface area (Å²) in [5.74, 6) is -0.265. The lowest BCUT2D eigenvalue weighted by atomic mass is 9.71. The van der Waals surface area contributed by atoms with E-state index in [2.05, 4.69) is 11.1 Å². The van der Waals surface area contributed by atoms with Gasteiger partial charge in [0.05, 0.1) is 37.3 Å². The molecule has 4 rings (SSSR count). The van der Waals surface area contributed by atoms with E-state index in [9.17, 15) is 20.6 Å². The van der Waals surface area contributed by atoms with Gasteiger partial charge in [0.25, 0.3) is 0 Å². The molecule has 0 radical (unpaired) electrons. The molecule has 0 fully saturated rings. The van der Waals surface area contributed by atoms with Crippen LogP contribution < -0.4 is 18.9 Å². The van der Waals surface area contributed by atoms with E-state index in [1.54, 1.807) is 54.7 Å². The van der Waals surface area contributed by atoms with Gasteiger partial charge in [-0.05, 0) is 63.0 Å². The van der Waals surface area contributed by atoms with Crippen molar-refractivity contribution >= 4 is 10.9 Å². The van der Waals surface area contributed by atoms with Gasteiger partial charge in [-0.15, -0.1) is 0 Å². The van der Waals surface area contributed by atoms with Crippen molar-refractivity contribution in [1.82, 2.24) is 14.9 Å². The number of ether oxygens (including phenoxy) is 4. The highest BCUT2D eigenvalue weighted by Gasteiger charge is 2.46. The van der Waals surface area contributed by atoms with E-state index in [1.807, 2.05) is 25.1 Å². The fourth-order valence-corrected chi connectivity index (χ4v) is 5.17. The Morgan fingerprint density at radius 3 is 2.38 bits per heavy atom. The van der Waals surface area contributed by atoms with Crippen LogP contribution in [0.3, 0.4) is 0 Å². The maximum absolute atomic E-state index is 13.0. The zero-order valence-electron chi connectivity index (χ0n) is 23.9. The minimum Gasteiger partial charge on any atom is -0.481 e. The Morgan fingerprint density at radius 2 is 1.71 bits per heavy atom. The molecular weight excluding hydrogens is 540 g/mol. The topological polar surface area (TPSA) is 150 Å². The van der Waals surface area contributed by atoms with Gasteiger partial charge in [-0.3, -0.25) is 0 Å². The van der Waals surface area contributed by atoms with Crippen molar-refractivity contribution in [3.05, 3.63) is 83.0 Å². The highest BCUT2D eigenvalue weighted by Crippen LogP contribution is 2.52. The van der Waals surface area contributed by atoms with Crippen LogP contribution in [0.2, 0.25) is 0 Å². The number of nitrogens with zero attached hydrogens (tertiary/aromatic N) is 4. The number of rotatable bonds is 13. The number of methoxy groups -OCH3 is 2. The first kappa shape index (κ1) is 30.5. The summed E-state index contributed by atoms with van der Waals surface area (Å²) in [6.07, 6.45) is 1.76. The van der Waals surface area contributed by atoms with Crippen LogP contribution in [0.5, 0.6) is 23.3 Å². The summed E-state index contributed by atoms with van der Waals surface area (Å²) in [7, 11) is 6.75. The van der Waals surface area contributed by atoms with Gasteiger partial charge in [-0.25, -0.2) is 9.97 Å². The second-order valence-electron chi connectivity index (χ2n) is 9.80. The third-order valence-electron chi connectivity index (χ3n) is 7.04. The van der Waals surface area contributed by atoms with Gasteiger partial charge in [-0.1, -0.05) is 12.1 Å². The molecule has 4 aromatic rings. The molecule has 2 atom stereocenters. The molecule has 11 nitrogen and oxygen atoms in total. The molecule has 2 aromatic heterocycles. The number of fused-ring (bicyclic) bond motifs is 1. The Hall–Kier alpha value is -4.47. The zero-order valence-corrected chi connectivity index (χ0v) is 23.9. The molecule has 3 N–H and O–H groups in total. The summed E-state index contributed by atoms with van der Waals surface area (Å²) >= 11 is 0. The average molecular weight is 575 g/mol. The van der Waals surface area contributed by atoms with Crippen molar-refractivity contribution in [2.45, 2.75) is 17.9 Å². The van der Waals surface area contributed by atoms with Crippen LogP contribution in [-0.2, 0) is 5.60 Å². The standard InChI is InChI=1S/C31H34N4O7/c1-35(2)14-12-31(38,24-8-6-13-33-30(24)40-4)27(22-7-5-9-26(41-18-36)28(22)42-19-37)23-16-21-15-20(17-32)10-11-25(21)34-29(23)39-3/h5-11,13,15-16,27,36-38H,12,14,18-19H2,1-4H3/t27-,31-/m1/s1. The number of para-hydroxylation sites is 1. The quantitative estimate of drug-likeness (QED) is 0.202. The molecule has 0 amide bonds. The number of aliphatic hydroxyl groups excluding tert-OH is 2. The fourth-order valence-electron chi connectivity index (χ4n) is 5.17. The normalized spacial score (nSPS) is 13.3. The van der Waals surface area contributed by atoms with Crippen molar-refractivity contribution in [2.24, 2.45) is 0 Å². The molecule has 0 unspecified atom stereocenters. The number of pyridine rings is 2.